The van der Waals surface area contributed by atoms with Crippen molar-refractivity contribution in [3.63, 3.8) is 0 Å². The minimum Gasteiger partial charge on any atom is -0.273 e. The lowest BCUT2D eigenvalue weighted by molar-refractivity contribution is -0.123. The standard InChI is InChI=1S/C17H15FN2O2/c18-15-9-5-4-8-12(15)16(21)19-20-17(22)14-10-13(14)11-6-2-1-3-7-11/h1-9,13-14H,10H2,(H,19,21)(H,20,22)/t13-,14-/m0/s1. The van der Waals surface area contributed by atoms with Crippen molar-refractivity contribution in [1.29, 1.82) is 0 Å². The van der Waals surface area contributed by atoms with Gasteiger partial charge in [-0.25, -0.2) is 4.39 Å². The van der Waals surface area contributed by atoms with Gasteiger partial charge in [-0.05, 0) is 30.0 Å². The van der Waals surface area contributed by atoms with Crippen molar-refractivity contribution in [2.45, 2.75) is 12.3 Å². The van der Waals surface area contributed by atoms with Gasteiger partial charge in [0.05, 0.1) is 5.56 Å². The summed E-state index contributed by atoms with van der Waals surface area (Å²) in [6.07, 6.45) is 0.755. The van der Waals surface area contributed by atoms with Gasteiger partial charge < -0.3 is 0 Å². The third-order valence-corrected chi connectivity index (χ3v) is 3.77. The van der Waals surface area contributed by atoms with Crippen LogP contribution in [0.5, 0.6) is 0 Å². The molecule has 2 N–H and O–H groups in total. The first-order valence-corrected chi connectivity index (χ1v) is 7.06. The van der Waals surface area contributed by atoms with Crippen LogP contribution in [0.1, 0.15) is 28.3 Å². The Morgan fingerprint density at radius 3 is 2.36 bits per heavy atom. The van der Waals surface area contributed by atoms with Gasteiger partial charge in [0.1, 0.15) is 5.82 Å². The van der Waals surface area contributed by atoms with E-state index in [9.17, 15) is 14.0 Å². The summed E-state index contributed by atoms with van der Waals surface area (Å²) in [6, 6.07) is 15.4. The van der Waals surface area contributed by atoms with Gasteiger partial charge >= 0.3 is 0 Å². The molecule has 0 radical (unpaired) electrons. The Kier molecular flexibility index (Phi) is 3.87. The molecule has 22 heavy (non-hydrogen) atoms. The molecule has 3 rings (SSSR count). The molecular weight excluding hydrogens is 283 g/mol. The van der Waals surface area contributed by atoms with Crippen LogP contribution in [0, 0.1) is 11.7 Å². The normalized spacial score (nSPS) is 19.3. The van der Waals surface area contributed by atoms with Gasteiger partial charge in [0.15, 0.2) is 0 Å². The van der Waals surface area contributed by atoms with Crippen molar-refractivity contribution in [2.75, 3.05) is 0 Å². The predicted molar refractivity (Wildman–Crippen MR) is 79.3 cm³/mol. The van der Waals surface area contributed by atoms with Crippen LogP contribution < -0.4 is 10.9 Å². The zero-order valence-corrected chi connectivity index (χ0v) is 11.8. The topological polar surface area (TPSA) is 58.2 Å². The van der Waals surface area contributed by atoms with E-state index in [2.05, 4.69) is 10.9 Å². The number of rotatable bonds is 3. The maximum atomic E-state index is 13.4. The molecule has 2 atom stereocenters. The van der Waals surface area contributed by atoms with Crippen LogP contribution >= 0.6 is 0 Å². The van der Waals surface area contributed by atoms with E-state index in [-0.39, 0.29) is 23.3 Å². The van der Waals surface area contributed by atoms with Gasteiger partial charge in [0.25, 0.3) is 5.91 Å². The summed E-state index contributed by atoms with van der Waals surface area (Å²) < 4.78 is 13.4. The van der Waals surface area contributed by atoms with Crippen molar-refractivity contribution in [1.82, 2.24) is 10.9 Å². The van der Waals surface area contributed by atoms with Gasteiger partial charge in [0.2, 0.25) is 5.91 Å². The van der Waals surface area contributed by atoms with Crippen molar-refractivity contribution in [3.05, 3.63) is 71.5 Å². The number of hydrazine groups is 1. The predicted octanol–water partition coefficient (Wildman–Crippen LogP) is 2.39. The molecule has 5 heteroatoms. The molecular formula is C17H15FN2O2. The van der Waals surface area contributed by atoms with Crippen molar-refractivity contribution in [2.24, 2.45) is 5.92 Å². The van der Waals surface area contributed by atoms with Crippen molar-refractivity contribution < 1.29 is 14.0 Å². The van der Waals surface area contributed by atoms with Gasteiger partial charge in [-0.15, -0.1) is 0 Å². The first-order valence-electron chi connectivity index (χ1n) is 7.06. The molecule has 2 aromatic rings. The highest BCUT2D eigenvalue weighted by molar-refractivity contribution is 5.96. The number of hydrogen-bond acceptors (Lipinski definition) is 2. The zero-order chi connectivity index (χ0) is 15.5. The van der Waals surface area contributed by atoms with E-state index in [1.54, 1.807) is 6.07 Å². The fourth-order valence-corrected chi connectivity index (χ4v) is 2.48. The Bertz CT molecular complexity index is 703. The van der Waals surface area contributed by atoms with Crippen LogP contribution in [0.15, 0.2) is 54.6 Å². The SMILES string of the molecule is O=C(NNC(=O)[C@H]1C[C@H]1c1ccccc1)c1ccccc1F. The number of halogens is 1. The van der Waals surface area contributed by atoms with E-state index in [4.69, 9.17) is 0 Å². The van der Waals surface area contributed by atoms with Gasteiger partial charge in [0, 0.05) is 5.92 Å². The quantitative estimate of drug-likeness (QED) is 0.855. The highest BCUT2D eigenvalue weighted by Gasteiger charge is 2.43. The second-order valence-corrected chi connectivity index (χ2v) is 5.28. The Labute approximate surface area is 127 Å². The minimum absolute atomic E-state index is 0.0989. The highest BCUT2D eigenvalue weighted by Crippen LogP contribution is 2.47. The number of benzene rings is 2. The van der Waals surface area contributed by atoms with Gasteiger partial charge in [-0.1, -0.05) is 42.5 Å². The Morgan fingerprint density at radius 2 is 1.64 bits per heavy atom. The number of hydrogen-bond donors (Lipinski definition) is 2. The van der Waals surface area contributed by atoms with Crippen LogP contribution in [0.3, 0.4) is 0 Å². The van der Waals surface area contributed by atoms with E-state index < -0.39 is 11.7 Å². The Balaban J connectivity index is 1.54. The molecule has 0 heterocycles. The molecule has 1 fully saturated rings. The fourth-order valence-electron chi connectivity index (χ4n) is 2.48. The molecule has 0 spiro atoms. The average molecular weight is 298 g/mol. The second kappa shape index (κ2) is 5.97. The van der Waals surface area contributed by atoms with Crippen LogP contribution in [-0.4, -0.2) is 11.8 Å². The first-order chi connectivity index (χ1) is 10.7. The van der Waals surface area contributed by atoms with Crippen LogP contribution in [0.2, 0.25) is 0 Å². The van der Waals surface area contributed by atoms with Gasteiger partial charge in [-0.3, -0.25) is 20.4 Å². The van der Waals surface area contributed by atoms with Crippen molar-refractivity contribution >= 4 is 11.8 Å². The summed E-state index contributed by atoms with van der Waals surface area (Å²) in [7, 11) is 0. The molecule has 4 nitrogen and oxygen atoms in total. The molecule has 0 unspecified atom stereocenters. The first kappa shape index (κ1) is 14.3. The average Bonchev–Trinajstić information content (AvgIpc) is 3.34. The maximum Gasteiger partial charge on any atom is 0.272 e. The maximum absolute atomic E-state index is 13.4. The summed E-state index contributed by atoms with van der Waals surface area (Å²) in [4.78, 5) is 23.8. The number of amides is 2. The van der Waals surface area contributed by atoms with Crippen LogP contribution in [0.4, 0.5) is 4.39 Å². The smallest absolute Gasteiger partial charge is 0.272 e. The molecule has 1 saturated carbocycles. The van der Waals surface area contributed by atoms with Crippen LogP contribution in [0.25, 0.3) is 0 Å². The molecule has 2 aromatic carbocycles. The summed E-state index contributed by atoms with van der Waals surface area (Å²) >= 11 is 0. The second-order valence-electron chi connectivity index (χ2n) is 5.28. The Morgan fingerprint density at radius 1 is 0.955 bits per heavy atom. The molecule has 2 amide bonds. The summed E-state index contributed by atoms with van der Waals surface area (Å²) in [5.41, 5.74) is 5.63. The number of carbonyl (C=O) groups is 2. The lowest BCUT2D eigenvalue weighted by Crippen LogP contribution is -2.42. The molecule has 0 aliphatic heterocycles. The molecule has 0 bridgehead atoms. The van der Waals surface area contributed by atoms with E-state index in [0.29, 0.717) is 0 Å². The van der Waals surface area contributed by atoms with E-state index in [1.807, 2.05) is 30.3 Å². The third-order valence-electron chi connectivity index (χ3n) is 3.77. The van der Waals surface area contributed by atoms with E-state index >= 15 is 0 Å². The molecule has 0 saturated heterocycles. The third kappa shape index (κ3) is 2.98. The molecule has 0 aromatic heterocycles. The Hall–Kier alpha value is -2.69. The summed E-state index contributed by atoms with van der Waals surface area (Å²) in [5.74, 6) is -1.50. The summed E-state index contributed by atoms with van der Waals surface area (Å²) in [5, 5.41) is 0. The lowest BCUT2D eigenvalue weighted by atomic mass is 10.1. The summed E-state index contributed by atoms with van der Waals surface area (Å²) in [6.45, 7) is 0. The lowest BCUT2D eigenvalue weighted by Gasteiger charge is -2.08. The van der Waals surface area contributed by atoms with E-state index in [0.717, 1.165) is 12.0 Å². The van der Waals surface area contributed by atoms with Crippen molar-refractivity contribution in [3.8, 4) is 0 Å². The minimum atomic E-state index is -0.664. The largest absolute Gasteiger partial charge is 0.273 e. The molecule has 1 aliphatic rings. The molecule has 1 aliphatic carbocycles. The fraction of sp³-hybridized carbons (Fsp3) is 0.176. The van der Waals surface area contributed by atoms with E-state index in [1.165, 1.54) is 18.2 Å². The highest BCUT2D eigenvalue weighted by atomic mass is 19.1. The van der Waals surface area contributed by atoms with Crippen LogP contribution in [-0.2, 0) is 4.79 Å². The number of nitrogens with one attached hydrogen (secondary N) is 2. The number of carbonyl (C=O) groups excluding carboxylic acids is 2. The molecule has 112 valence electrons. The van der Waals surface area contributed by atoms with Gasteiger partial charge in [-0.2, -0.15) is 0 Å². The zero-order valence-electron chi connectivity index (χ0n) is 11.8. The monoisotopic (exact) mass is 298 g/mol.